The molecule has 0 saturated carbocycles. The van der Waals surface area contributed by atoms with Crippen molar-refractivity contribution in [2.75, 3.05) is 5.75 Å². The highest BCUT2D eigenvalue weighted by molar-refractivity contribution is 7.99. The molecule has 0 aliphatic carbocycles. The van der Waals surface area contributed by atoms with E-state index in [1.54, 1.807) is 0 Å². The summed E-state index contributed by atoms with van der Waals surface area (Å²) in [7, 11) is 0. The van der Waals surface area contributed by atoms with E-state index >= 15 is 0 Å². The molecule has 1 aliphatic rings. The molecule has 0 radical (unpaired) electrons. The lowest BCUT2D eigenvalue weighted by Gasteiger charge is -2.18. The molecule has 1 atom stereocenters. The van der Waals surface area contributed by atoms with Gasteiger partial charge in [-0.1, -0.05) is 19.1 Å². The van der Waals surface area contributed by atoms with Gasteiger partial charge in [-0.15, -0.1) is 11.8 Å². The summed E-state index contributed by atoms with van der Waals surface area (Å²) in [5, 5.41) is 9.88. The second-order valence-corrected chi connectivity index (χ2v) is 5.59. The smallest absolute Gasteiger partial charge is 0.0840 e. The summed E-state index contributed by atoms with van der Waals surface area (Å²) in [5.74, 6) is 1.83. The number of thioether (sulfide) groups is 1. The van der Waals surface area contributed by atoms with Gasteiger partial charge in [0.25, 0.3) is 0 Å². The first kappa shape index (κ1) is 10.1. The Labute approximate surface area is 89.5 Å². The topological polar surface area (TPSA) is 20.2 Å². The van der Waals surface area contributed by atoms with Crippen LogP contribution in [0.2, 0.25) is 0 Å². The van der Waals surface area contributed by atoms with Crippen LogP contribution in [0.1, 0.15) is 37.8 Å². The molecule has 0 bridgehead atoms. The van der Waals surface area contributed by atoms with E-state index in [-0.39, 0.29) is 0 Å². The third kappa shape index (κ3) is 1.69. The Balaban J connectivity index is 2.42. The first-order valence-corrected chi connectivity index (χ1v) is 5.96. The first-order valence-electron chi connectivity index (χ1n) is 4.98. The predicted molar refractivity (Wildman–Crippen MR) is 60.8 cm³/mol. The van der Waals surface area contributed by atoms with Gasteiger partial charge in [0, 0.05) is 10.6 Å². The monoisotopic (exact) mass is 208 g/mol. The van der Waals surface area contributed by atoms with Crippen LogP contribution in [0.5, 0.6) is 0 Å². The lowest BCUT2D eigenvalue weighted by molar-refractivity contribution is 0.0783. The van der Waals surface area contributed by atoms with Crippen LogP contribution in [0.4, 0.5) is 0 Å². The second kappa shape index (κ2) is 3.28. The maximum absolute atomic E-state index is 9.88. The van der Waals surface area contributed by atoms with Gasteiger partial charge >= 0.3 is 0 Å². The Hall–Kier alpha value is -0.470. The number of rotatable bonds is 1. The van der Waals surface area contributed by atoms with Crippen LogP contribution in [0, 0.1) is 0 Å². The molecule has 1 aliphatic heterocycles. The van der Waals surface area contributed by atoms with Crippen molar-refractivity contribution < 1.29 is 5.11 Å². The summed E-state index contributed by atoms with van der Waals surface area (Å²) in [5.41, 5.74) is 1.72. The van der Waals surface area contributed by atoms with Gasteiger partial charge in [0.1, 0.15) is 0 Å². The average Bonchev–Trinajstić information content (AvgIpc) is 2.46. The van der Waals surface area contributed by atoms with Crippen LogP contribution in [0.3, 0.4) is 0 Å². The van der Waals surface area contributed by atoms with Gasteiger partial charge < -0.3 is 5.11 Å². The van der Waals surface area contributed by atoms with Crippen LogP contribution in [0.25, 0.3) is 0 Å². The zero-order chi connectivity index (χ0) is 10.3. The van der Waals surface area contributed by atoms with Gasteiger partial charge in [-0.2, -0.15) is 0 Å². The Morgan fingerprint density at radius 3 is 2.79 bits per heavy atom. The molecule has 14 heavy (non-hydrogen) atoms. The highest BCUT2D eigenvalue weighted by Crippen LogP contribution is 2.40. The molecule has 1 aromatic carbocycles. The van der Waals surface area contributed by atoms with Crippen molar-refractivity contribution in [2.45, 2.75) is 37.2 Å². The van der Waals surface area contributed by atoms with Crippen LogP contribution in [-0.4, -0.2) is 10.9 Å². The Morgan fingerprint density at radius 1 is 1.43 bits per heavy atom. The standard InChI is InChI=1S/C12H16OS/c1-8-7-14-11-6-9(12(2,3)13)4-5-10(8)11/h4-6,8,13H,7H2,1-3H3. The molecule has 1 aromatic rings. The van der Waals surface area contributed by atoms with E-state index < -0.39 is 5.60 Å². The largest absolute Gasteiger partial charge is 0.386 e. The summed E-state index contributed by atoms with van der Waals surface area (Å²) in [4.78, 5) is 1.34. The predicted octanol–water partition coefficient (Wildman–Crippen LogP) is 3.12. The SMILES string of the molecule is CC1CSc2cc(C(C)(C)O)ccc21. The molecule has 0 amide bonds. The van der Waals surface area contributed by atoms with E-state index in [0.29, 0.717) is 5.92 Å². The van der Waals surface area contributed by atoms with Gasteiger partial charge in [0.15, 0.2) is 0 Å². The zero-order valence-corrected chi connectivity index (χ0v) is 9.69. The van der Waals surface area contributed by atoms with Crippen LogP contribution in [0.15, 0.2) is 23.1 Å². The number of benzene rings is 1. The van der Waals surface area contributed by atoms with E-state index in [9.17, 15) is 5.11 Å². The third-order valence-corrected chi connectivity index (χ3v) is 4.07. The van der Waals surface area contributed by atoms with E-state index in [1.165, 1.54) is 16.2 Å². The van der Waals surface area contributed by atoms with Crippen molar-refractivity contribution >= 4 is 11.8 Å². The Bertz CT molecular complexity index is 352. The fourth-order valence-electron chi connectivity index (χ4n) is 1.75. The van der Waals surface area contributed by atoms with Crippen molar-refractivity contribution in [3.63, 3.8) is 0 Å². The summed E-state index contributed by atoms with van der Waals surface area (Å²) in [6.45, 7) is 5.91. The first-order chi connectivity index (χ1) is 6.48. The highest BCUT2D eigenvalue weighted by Gasteiger charge is 2.23. The maximum Gasteiger partial charge on any atom is 0.0840 e. The van der Waals surface area contributed by atoms with Crippen LogP contribution < -0.4 is 0 Å². The average molecular weight is 208 g/mol. The molecule has 0 aromatic heterocycles. The van der Waals surface area contributed by atoms with Crippen molar-refractivity contribution in [3.8, 4) is 0 Å². The van der Waals surface area contributed by atoms with Gasteiger partial charge in [-0.05, 0) is 37.0 Å². The molecule has 0 saturated heterocycles. The highest BCUT2D eigenvalue weighted by atomic mass is 32.2. The number of hydrogen-bond donors (Lipinski definition) is 1. The van der Waals surface area contributed by atoms with E-state index in [2.05, 4.69) is 19.1 Å². The minimum absolute atomic E-state index is 0.658. The van der Waals surface area contributed by atoms with Crippen molar-refractivity contribution in [3.05, 3.63) is 29.3 Å². The summed E-state index contributed by atoms with van der Waals surface area (Å²) in [6, 6.07) is 6.33. The fraction of sp³-hybridized carbons (Fsp3) is 0.500. The van der Waals surface area contributed by atoms with Crippen molar-refractivity contribution in [1.29, 1.82) is 0 Å². The summed E-state index contributed by atoms with van der Waals surface area (Å²) < 4.78 is 0. The number of aliphatic hydroxyl groups is 1. The quantitative estimate of drug-likeness (QED) is 0.765. The second-order valence-electron chi connectivity index (χ2n) is 4.52. The van der Waals surface area contributed by atoms with Crippen LogP contribution >= 0.6 is 11.8 Å². The molecule has 1 heterocycles. The normalized spacial score (nSPS) is 21.0. The minimum Gasteiger partial charge on any atom is -0.386 e. The Kier molecular flexibility index (Phi) is 2.36. The molecule has 2 heteroatoms. The third-order valence-electron chi connectivity index (χ3n) is 2.74. The van der Waals surface area contributed by atoms with Crippen molar-refractivity contribution in [2.24, 2.45) is 0 Å². The summed E-state index contributed by atoms with van der Waals surface area (Å²) in [6.07, 6.45) is 0. The molecule has 1 N–H and O–H groups in total. The lowest BCUT2D eigenvalue weighted by Crippen LogP contribution is -2.15. The van der Waals surface area contributed by atoms with Crippen molar-refractivity contribution in [1.82, 2.24) is 0 Å². The minimum atomic E-state index is -0.721. The van der Waals surface area contributed by atoms with E-state index in [4.69, 9.17) is 0 Å². The fourth-order valence-corrected chi connectivity index (χ4v) is 3.01. The molecular formula is C12H16OS. The maximum atomic E-state index is 9.88. The molecule has 2 rings (SSSR count). The molecule has 0 fully saturated rings. The van der Waals surface area contributed by atoms with Gasteiger partial charge in [0.2, 0.25) is 0 Å². The number of fused-ring (bicyclic) bond motifs is 1. The molecule has 76 valence electrons. The van der Waals surface area contributed by atoms with Crippen LogP contribution in [-0.2, 0) is 5.60 Å². The lowest BCUT2D eigenvalue weighted by atomic mass is 9.94. The zero-order valence-electron chi connectivity index (χ0n) is 8.87. The Morgan fingerprint density at radius 2 is 2.14 bits per heavy atom. The van der Waals surface area contributed by atoms with Gasteiger partial charge in [0.05, 0.1) is 5.60 Å². The molecule has 1 unspecified atom stereocenters. The molecule has 0 spiro atoms. The number of hydrogen-bond acceptors (Lipinski definition) is 2. The van der Waals surface area contributed by atoms with E-state index in [1.807, 2.05) is 31.7 Å². The summed E-state index contributed by atoms with van der Waals surface area (Å²) >= 11 is 1.90. The molecular weight excluding hydrogens is 192 g/mol. The van der Waals surface area contributed by atoms with Gasteiger partial charge in [-0.25, -0.2) is 0 Å². The van der Waals surface area contributed by atoms with Gasteiger partial charge in [-0.3, -0.25) is 0 Å². The van der Waals surface area contributed by atoms with E-state index in [0.717, 1.165) is 5.56 Å². The molecule has 1 nitrogen and oxygen atoms in total.